The molecule has 20 heavy (non-hydrogen) atoms. The Bertz CT molecular complexity index is 565. The minimum Gasteiger partial charge on any atom is -0.326 e. The lowest BCUT2D eigenvalue weighted by Crippen LogP contribution is -2.17. The first-order valence-electron chi connectivity index (χ1n) is 7.26. The van der Waals surface area contributed by atoms with E-state index in [2.05, 4.69) is 51.2 Å². The second kappa shape index (κ2) is 5.08. The number of hydrogen-bond donors (Lipinski definition) is 1. The van der Waals surface area contributed by atoms with Crippen LogP contribution in [0.3, 0.4) is 0 Å². The van der Waals surface area contributed by atoms with Gasteiger partial charge in [-0.05, 0) is 56.2 Å². The molecule has 0 spiro atoms. The summed E-state index contributed by atoms with van der Waals surface area (Å²) in [6, 6.07) is 6.16. The monoisotopic (exact) mass is 271 g/mol. The maximum atomic E-state index is 12.5. The zero-order chi connectivity index (χ0) is 15.1. The number of carbonyl (C=O) groups excluding carboxylic acids is 1. The van der Waals surface area contributed by atoms with Gasteiger partial charge >= 0.3 is 0 Å². The van der Waals surface area contributed by atoms with Crippen LogP contribution in [0, 0.1) is 31.1 Å². The molecule has 0 aromatic heterocycles. The van der Waals surface area contributed by atoms with Crippen LogP contribution in [0.4, 0.5) is 5.69 Å². The summed E-state index contributed by atoms with van der Waals surface area (Å²) in [6.45, 7) is 12.6. The first kappa shape index (κ1) is 14.8. The number of aryl methyl sites for hydroxylation is 2. The number of nitrogens with one attached hydrogen (secondary N) is 1. The molecule has 1 N–H and O–H groups in total. The van der Waals surface area contributed by atoms with Crippen LogP contribution in [-0.4, -0.2) is 5.91 Å². The van der Waals surface area contributed by atoms with Gasteiger partial charge in [-0.1, -0.05) is 37.6 Å². The van der Waals surface area contributed by atoms with E-state index in [0.29, 0.717) is 5.92 Å². The van der Waals surface area contributed by atoms with Crippen molar-refractivity contribution >= 4 is 11.6 Å². The number of rotatable bonds is 3. The lowest BCUT2D eigenvalue weighted by molar-refractivity contribution is -0.118. The van der Waals surface area contributed by atoms with Crippen LogP contribution in [0.5, 0.6) is 0 Å². The molecule has 2 nitrogen and oxygen atoms in total. The summed E-state index contributed by atoms with van der Waals surface area (Å²) < 4.78 is 0. The van der Waals surface area contributed by atoms with Gasteiger partial charge in [0.2, 0.25) is 5.91 Å². The van der Waals surface area contributed by atoms with E-state index in [0.717, 1.165) is 11.3 Å². The SMILES string of the molecule is CC(C)=C[C@H]1[C@H](C(=O)Nc2cc(C)ccc2C)C1(C)C. The molecule has 1 aliphatic carbocycles. The molecule has 1 saturated carbocycles. The van der Waals surface area contributed by atoms with Gasteiger partial charge in [-0.3, -0.25) is 4.79 Å². The van der Waals surface area contributed by atoms with Crippen molar-refractivity contribution in [3.05, 3.63) is 41.0 Å². The van der Waals surface area contributed by atoms with E-state index in [1.807, 2.05) is 19.9 Å². The first-order valence-corrected chi connectivity index (χ1v) is 7.26. The Morgan fingerprint density at radius 2 is 1.90 bits per heavy atom. The van der Waals surface area contributed by atoms with Crippen LogP contribution in [-0.2, 0) is 4.79 Å². The maximum absolute atomic E-state index is 12.5. The van der Waals surface area contributed by atoms with E-state index >= 15 is 0 Å². The van der Waals surface area contributed by atoms with Gasteiger partial charge in [0.1, 0.15) is 0 Å². The standard InChI is InChI=1S/C18H25NO/c1-11(2)9-14-16(18(14,5)6)17(20)19-15-10-12(3)7-8-13(15)4/h7-10,14,16H,1-6H3,(H,19,20)/t14-,16+/m0/s1. The molecule has 0 aliphatic heterocycles. The predicted octanol–water partition coefficient (Wildman–Crippen LogP) is 4.48. The fraction of sp³-hybridized carbons (Fsp3) is 0.500. The molecule has 2 atom stereocenters. The first-order chi connectivity index (χ1) is 9.23. The molecule has 0 radical (unpaired) electrons. The van der Waals surface area contributed by atoms with Crippen LogP contribution < -0.4 is 5.32 Å². The Morgan fingerprint density at radius 1 is 1.25 bits per heavy atom. The normalized spacial score (nSPS) is 23.1. The summed E-state index contributed by atoms with van der Waals surface area (Å²) in [5.41, 5.74) is 4.57. The van der Waals surface area contributed by atoms with E-state index in [9.17, 15) is 4.79 Å². The summed E-state index contributed by atoms with van der Waals surface area (Å²) in [6.07, 6.45) is 2.23. The summed E-state index contributed by atoms with van der Waals surface area (Å²) >= 11 is 0. The predicted molar refractivity (Wildman–Crippen MR) is 84.7 cm³/mol. The van der Waals surface area contributed by atoms with Gasteiger partial charge in [-0.2, -0.15) is 0 Å². The molecule has 0 bridgehead atoms. The molecule has 0 saturated heterocycles. The Kier molecular flexibility index (Phi) is 3.77. The van der Waals surface area contributed by atoms with E-state index < -0.39 is 0 Å². The van der Waals surface area contributed by atoms with E-state index in [1.54, 1.807) is 0 Å². The number of anilines is 1. The third kappa shape index (κ3) is 2.79. The Labute approximate surface area is 122 Å². The smallest absolute Gasteiger partial charge is 0.228 e. The van der Waals surface area contributed by atoms with Gasteiger partial charge in [0.15, 0.2) is 0 Å². The highest BCUT2D eigenvalue weighted by Gasteiger charge is 2.60. The van der Waals surface area contributed by atoms with Crippen molar-refractivity contribution in [3.63, 3.8) is 0 Å². The van der Waals surface area contributed by atoms with Crippen molar-refractivity contribution in [1.82, 2.24) is 0 Å². The summed E-state index contributed by atoms with van der Waals surface area (Å²) in [5.74, 6) is 0.584. The van der Waals surface area contributed by atoms with Crippen molar-refractivity contribution in [2.75, 3.05) is 5.32 Å². The molecule has 108 valence electrons. The highest BCUT2D eigenvalue weighted by atomic mass is 16.2. The minimum atomic E-state index is 0.0685. The Balaban J connectivity index is 2.14. The fourth-order valence-electron chi connectivity index (χ4n) is 2.93. The largest absolute Gasteiger partial charge is 0.326 e. The molecule has 1 aromatic carbocycles. The van der Waals surface area contributed by atoms with Crippen LogP contribution in [0.25, 0.3) is 0 Å². The highest BCUT2D eigenvalue weighted by Crippen LogP contribution is 2.59. The van der Waals surface area contributed by atoms with E-state index in [-0.39, 0.29) is 17.2 Å². The van der Waals surface area contributed by atoms with Gasteiger partial charge in [0.25, 0.3) is 0 Å². The van der Waals surface area contributed by atoms with Crippen molar-refractivity contribution < 1.29 is 4.79 Å². The third-order valence-corrected chi connectivity index (χ3v) is 4.36. The number of benzene rings is 1. The summed E-state index contributed by atoms with van der Waals surface area (Å²) in [5, 5.41) is 3.10. The molecule has 0 heterocycles. The summed E-state index contributed by atoms with van der Waals surface area (Å²) in [7, 11) is 0. The van der Waals surface area contributed by atoms with Gasteiger partial charge < -0.3 is 5.32 Å². The number of hydrogen-bond acceptors (Lipinski definition) is 1. The second-order valence-corrected chi connectivity index (χ2v) is 6.88. The average Bonchev–Trinajstić information content (AvgIpc) is 2.84. The van der Waals surface area contributed by atoms with Crippen molar-refractivity contribution in [2.24, 2.45) is 17.3 Å². The number of amides is 1. The lowest BCUT2D eigenvalue weighted by Gasteiger charge is -2.10. The third-order valence-electron chi connectivity index (χ3n) is 4.36. The van der Waals surface area contributed by atoms with Gasteiger partial charge in [-0.15, -0.1) is 0 Å². The van der Waals surface area contributed by atoms with Crippen LogP contribution in [0.1, 0.15) is 38.8 Å². The molecule has 2 heteroatoms. The topological polar surface area (TPSA) is 29.1 Å². The zero-order valence-electron chi connectivity index (χ0n) is 13.4. The lowest BCUT2D eigenvalue weighted by atomic mass is 10.1. The van der Waals surface area contributed by atoms with E-state index in [1.165, 1.54) is 11.1 Å². The highest BCUT2D eigenvalue weighted by molar-refractivity contribution is 5.96. The van der Waals surface area contributed by atoms with Crippen molar-refractivity contribution in [1.29, 1.82) is 0 Å². The van der Waals surface area contributed by atoms with Gasteiger partial charge in [-0.25, -0.2) is 0 Å². The molecular formula is C18H25NO. The van der Waals surface area contributed by atoms with Crippen LogP contribution in [0.15, 0.2) is 29.8 Å². The molecular weight excluding hydrogens is 246 g/mol. The maximum Gasteiger partial charge on any atom is 0.228 e. The molecule has 2 rings (SSSR count). The molecule has 1 aliphatic rings. The Hall–Kier alpha value is -1.57. The molecule has 1 amide bonds. The van der Waals surface area contributed by atoms with Gasteiger partial charge in [0, 0.05) is 5.69 Å². The number of allylic oxidation sites excluding steroid dienone is 2. The summed E-state index contributed by atoms with van der Waals surface area (Å²) in [4.78, 5) is 12.5. The minimum absolute atomic E-state index is 0.0685. The van der Waals surface area contributed by atoms with Gasteiger partial charge in [0.05, 0.1) is 5.92 Å². The Morgan fingerprint density at radius 3 is 2.50 bits per heavy atom. The van der Waals surface area contributed by atoms with Crippen molar-refractivity contribution in [2.45, 2.75) is 41.5 Å². The van der Waals surface area contributed by atoms with Crippen LogP contribution in [0.2, 0.25) is 0 Å². The fourth-order valence-corrected chi connectivity index (χ4v) is 2.93. The second-order valence-electron chi connectivity index (χ2n) is 6.88. The quantitative estimate of drug-likeness (QED) is 0.807. The molecule has 0 unspecified atom stereocenters. The molecule has 1 fully saturated rings. The number of carbonyl (C=O) groups is 1. The average molecular weight is 271 g/mol. The zero-order valence-corrected chi connectivity index (χ0v) is 13.4. The van der Waals surface area contributed by atoms with Crippen molar-refractivity contribution in [3.8, 4) is 0 Å². The molecule has 1 aromatic rings. The van der Waals surface area contributed by atoms with E-state index in [4.69, 9.17) is 0 Å². The van der Waals surface area contributed by atoms with Crippen LogP contribution >= 0.6 is 0 Å².